The minimum atomic E-state index is -0.157. The molecule has 0 unspecified atom stereocenters. The number of halogens is 1. The van der Waals surface area contributed by atoms with Crippen LogP contribution < -0.4 is 21.3 Å². The summed E-state index contributed by atoms with van der Waals surface area (Å²) >= 11 is 7.57. The number of anilines is 2. The molecule has 3 rings (SSSR count). The van der Waals surface area contributed by atoms with E-state index in [4.69, 9.17) is 11.6 Å². The van der Waals surface area contributed by atoms with Crippen molar-refractivity contribution in [1.82, 2.24) is 20.6 Å². The Morgan fingerprint density at radius 1 is 0.970 bits per heavy atom. The fraction of sp³-hybridized carbons (Fsp3) is 0.217. The number of thiophene rings is 1. The number of amides is 2. The average Bonchev–Trinajstić information content (AvgIpc) is 3.32. The quantitative estimate of drug-likeness (QED) is 0.244. The number of nitrogens with one attached hydrogen (secondary N) is 4. The van der Waals surface area contributed by atoms with Crippen molar-refractivity contribution < 1.29 is 9.59 Å². The van der Waals surface area contributed by atoms with Crippen LogP contribution >= 0.6 is 22.9 Å². The third-order valence-corrected chi connectivity index (χ3v) is 5.40. The number of nitrogens with zero attached hydrogens (tertiary/aromatic N) is 2. The van der Waals surface area contributed by atoms with E-state index in [1.165, 1.54) is 13.0 Å². The van der Waals surface area contributed by atoms with Crippen LogP contribution in [0.2, 0.25) is 5.02 Å². The lowest BCUT2D eigenvalue weighted by atomic mass is 10.2. The van der Waals surface area contributed by atoms with Gasteiger partial charge in [-0.15, -0.1) is 11.3 Å². The molecule has 172 valence electrons. The summed E-state index contributed by atoms with van der Waals surface area (Å²) in [5, 5.41) is 14.6. The number of hydrogen-bond donors (Lipinski definition) is 4. The first-order valence-corrected chi connectivity index (χ1v) is 11.6. The van der Waals surface area contributed by atoms with Crippen LogP contribution in [0, 0.1) is 0 Å². The molecule has 0 radical (unpaired) electrons. The van der Waals surface area contributed by atoms with Crippen LogP contribution in [0.4, 0.5) is 11.6 Å². The lowest BCUT2D eigenvalue weighted by molar-refractivity contribution is -0.119. The summed E-state index contributed by atoms with van der Waals surface area (Å²) in [6, 6.07) is 12.9. The van der Waals surface area contributed by atoms with Crippen molar-refractivity contribution in [3.05, 3.63) is 63.8 Å². The molecular weight excluding hydrogens is 460 g/mol. The third kappa shape index (κ3) is 8.55. The largest absolute Gasteiger partial charge is 0.368 e. The van der Waals surface area contributed by atoms with Crippen molar-refractivity contribution in [2.24, 2.45) is 0 Å². The van der Waals surface area contributed by atoms with E-state index in [1.807, 2.05) is 29.6 Å². The summed E-state index contributed by atoms with van der Waals surface area (Å²) in [6.45, 7) is 3.38. The third-order valence-electron chi connectivity index (χ3n) is 4.31. The maximum atomic E-state index is 12.0. The highest BCUT2D eigenvalue weighted by Gasteiger charge is 2.08. The van der Waals surface area contributed by atoms with E-state index in [2.05, 4.69) is 31.2 Å². The fourth-order valence-corrected chi connectivity index (χ4v) is 3.51. The number of benzene rings is 1. The van der Waals surface area contributed by atoms with E-state index in [9.17, 15) is 9.59 Å². The van der Waals surface area contributed by atoms with Gasteiger partial charge >= 0.3 is 0 Å². The van der Waals surface area contributed by atoms with Gasteiger partial charge in [0.05, 0.1) is 0 Å². The standard InChI is InChI=1S/C23H25ClN6O2S/c1-16(31)25-10-11-26-20-15-21(30-23(29-20)17-4-6-18(24)7-5-17)27-12-13-28-22(32)9-8-19-3-2-14-33-19/h2-9,14-15H,10-13H2,1H3,(H,25,31)(H,28,32)(H2,26,27,29,30)/b9-8+. The molecule has 0 saturated heterocycles. The molecule has 1 aromatic carbocycles. The normalized spacial score (nSPS) is 10.7. The minimum absolute atomic E-state index is 0.0871. The molecule has 0 saturated carbocycles. The van der Waals surface area contributed by atoms with Crippen molar-refractivity contribution >= 4 is 52.5 Å². The molecule has 0 spiro atoms. The van der Waals surface area contributed by atoms with Crippen LogP contribution in [0.3, 0.4) is 0 Å². The summed E-state index contributed by atoms with van der Waals surface area (Å²) in [5.41, 5.74) is 0.819. The Balaban J connectivity index is 1.59. The monoisotopic (exact) mass is 484 g/mol. The second kappa shape index (κ2) is 12.6. The summed E-state index contributed by atoms with van der Waals surface area (Å²) in [5.74, 6) is 1.51. The van der Waals surface area contributed by atoms with Gasteiger partial charge in [-0.25, -0.2) is 9.97 Å². The van der Waals surface area contributed by atoms with E-state index in [1.54, 1.807) is 35.6 Å². The fourth-order valence-electron chi connectivity index (χ4n) is 2.76. The zero-order chi connectivity index (χ0) is 23.5. The number of hydrogen-bond acceptors (Lipinski definition) is 7. The summed E-state index contributed by atoms with van der Waals surface area (Å²) in [7, 11) is 0. The number of rotatable bonds is 11. The molecule has 2 aromatic heterocycles. The molecule has 0 fully saturated rings. The molecule has 0 aliphatic rings. The Morgan fingerprint density at radius 2 is 1.64 bits per heavy atom. The molecule has 0 bridgehead atoms. The SMILES string of the molecule is CC(=O)NCCNc1cc(NCCNC(=O)/C=C/c2cccs2)nc(-c2ccc(Cl)cc2)n1. The van der Waals surface area contributed by atoms with Crippen molar-refractivity contribution in [1.29, 1.82) is 0 Å². The Morgan fingerprint density at radius 3 is 2.24 bits per heavy atom. The first-order valence-electron chi connectivity index (χ1n) is 10.4. The first kappa shape index (κ1) is 24.2. The van der Waals surface area contributed by atoms with Crippen molar-refractivity contribution in [3.63, 3.8) is 0 Å². The number of carbonyl (C=O) groups is 2. The Labute approximate surface area is 201 Å². The predicted molar refractivity (Wildman–Crippen MR) is 135 cm³/mol. The summed E-state index contributed by atoms with van der Waals surface area (Å²) in [6.07, 6.45) is 3.31. The van der Waals surface area contributed by atoms with E-state index in [-0.39, 0.29) is 11.8 Å². The van der Waals surface area contributed by atoms with Gasteiger partial charge in [-0.3, -0.25) is 9.59 Å². The number of aromatic nitrogens is 2. The van der Waals surface area contributed by atoms with Crippen LogP contribution in [0.5, 0.6) is 0 Å². The van der Waals surface area contributed by atoms with Gasteiger partial charge in [-0.2, -0.15) is 0 Å². The van der Waals surface area contributed by atoms with Crippen LogP contribution in [-0.4, -0.2) is 48.0 Å². The zero-order valence-electron chi connectivity index (χ0n) is 18.1. The van der Waals surface area contributed by atoms with Crippen LogP contribution in [0.25, 0.3) is 17.5 Å². The van der Waals surface area contributed by atoms with Crippen LogP contribution in [-0.2, 0) is 9.59 Å². The average molecular weight is 485 g/mol. The molecule has 0 aliphatic heterocycles. The molecule has 4 N–H and O–H groups in total. The van der Waals surface area contributed by atoms with Crippen molar-refractivity contribution in [3.8, 4) is 11.4 Å². The molecule has 10 heteroatoms. The van der Waals surface area contributed by atoms with Gasteiger partial charge in [0.15, 0.2) is 5.82 Å². The molecule has 8 nitrogen and oxygen atoms in total. The molecular formula is C23H25ClN6O2S. The molecule has 2 amide bonds. The molecule has 3 aromatic rings. The smallest absolute Gasteiger partial charge is 0.244 e. The van der Waals surface area contributed by atoms with E-state index >= 15 is 0 Å². The van der Waals surface area contributed by atoms with Gasteiger partial charge in [0, 0.05) is 60.7 Å². The Hall–Kier alpha value is -3.43. The summed E-state index contributed by atoms with van der Waals surface area (Å²) < 4.78 is 0. The van der Waals surface area contributed by atoms with Crippen molar-refractivity contribution in [2.75, 3.05) is 36.8 Å². The Bertz CT molecular complexity index is 1090. The lowest BCUT2D eigenvalue weighted by Crippen LogP contribution is -2.27. The molecule has 2 heterocycles. The van der Waals surface area contributed by atoms with Gasteiger partial charge in [0.2, 0.25) is 11.8 Å². The zero-order valence-corrected chi connectivity index (χ0v) is 19.7. The van der Waals surface area contributed by atoms with Gasteiger partial charge in [-0.1, -0.05) is 17.7 Å². The first-order chi connectivity index (χ1) is 16.0. The minimum Gasteiger partial charge on any atom is -0.368 e. The van der Waals surface area contributed by atoms with Gasteiger partial charge < -0.3 is 21.3 Å². The topological polar surface area (TPSA) is 108 Å². The maximum absolute atomic E-state index is 12.0. The highest BCUT2D eigenvalue weighted by Crippen LogP contribution is 2.22. The predicted octanol–water partition coefficient (Wildman–Crippen LogP) is 3.65. The molecule has 33 heavy (non-hydrogen) atoms. The van der Waals surface area contributed by atoms with Crippen molar-refractivity contribution in [2.45, 2.75) is 6.92 Å². The van der Waals surface area contributed by atoms with Crippen LogP contribution in [0.1, 0.15) is 11.8 Å². The van der Waals surface area contributed by atoms with E-state index in [0.717, 1.165) is 10.4 Å². The highest BCUT2D eigenvalue weighted by atomic mass is 35.5. The Kier molecular flexibility index (Phi) is 9.22. The molecule has 0 aliphatic carbocycles. The van der Waals surface area contributed by atoms with Gasteiger partial charge in [0.1, 0.15) is 11.6 Å². The lowest BCUT2D eigenvalue weighted by Gasteiger charge is -2.12. The highest BCUT2D eigenvalue weighted by molar-refractivity contribution is 7.10. The van der Waals surface area contributed by atoms with E-state index < -0.39 is 0 Å². The second-order valence-electron chi connectivity index (χ2n) is 6.95. The summed E-state index contributed by atoms with van der Waals surface area (Å²) in [4.78, 5) is 33.2. The van der Waals surface area contributed by atoms with Gasteiger partial charge in [-0.05, 0) is 41.8 Å². The maximum Gasteiger partial charge on any atom is 0.244 e. The van der Waals surface area contributed by atoms with Gasteiger partial charge in [0.25, 0.3) is 0 Å². The second-order valence-corrected chi connectivity index (χ2v) is 8.36. The number of carbonyl (C=O) groups excluding carboxylic acids is 2. The van der Waals surface area contributed by atoms with E-state index in [0.29, 0.717) is 48.7 Å². The molecule has 0 atom stereocenters. The van der Waals surface area contributed by atoms with Crippen LogP contribution in [0.15, 0.2) is 53.9 Å².